The van der Waals surface area contributed by atoms with Gasteiger partial charge in [-0.2, -0.15) is 0 Å². The Hall–Kier alpha value is -2.67. The molecule has 1 heterocycles. The zero-order valence-electron chi connectivity index (χ0n) is 13.9. The van der Waals surface area contributed by atoms with Crippen molar-refractivity contribution >= 4 is 11.9 Å². The summed E-state index contributed by atoms with van der Waals surface area (Å²) in [4.78, 5) is 20.4. The molecule has 2 rings (SSSR count). The highest BCUT2D eigenvalue weighted by atomic mass is 16.5. The molecule has 0 bridgehead atoms. The summed E-state index contributed by atoms with van der Waals surface area (Å²) in [5.41, 5.74) is 1.31. The number of hydrogen-bond acceptors (Lipinski definition) is 6. The van der Waals surface area contributed by atoms with Crippen molar-refractivity contribution in [2.45, 2.75) is 13.0 Å². The third-order valence-electron chi connectivity index (χ3n) is 3.33. The smallest absolute Gasteiger partial charge is 0.270 e. The Kier molecular flexibility index (Phi) is 6.97. The molecule has 1 aromatic carbocycles. The Labute approximate surface area is 141 Å². The highest BCUT2D eigenvalue weighted by Gasteiger charge is 2.09. The van der Waals surface area contributed by atoms with E-state index in [2.05, 4.69) is 20.6 Å². The number of nitrogens with one attached hydrogen (secondary N) is 2. The molecule has 0 aliphatic rings. The van der Waals surface area contributed by atoms with E-state index in [0.29, 0.717) is 31.3 Å². The number of para-hydroxylation sites is 1. The second-order valence-electron chi connectivity index (χ2n) is 5.03. The number of carbonyl (C=O) groups excluding carboxylic acids is 1. The Morgan fingerprint density at radius 1 is 1.21 bits per heavy atom. The summed E-state index contributed by atoms with van der Waals surface area (Å²) in [6.07, 6.45) is 2.31. The summed E-state index contributed by atoms with van der Waals surface area (Å²) < 4.78 is 10.2. The van der Waals surface area contributed by atoms with Gasteiger partial charge in [0, 0.05) is 38.6 Å². The first-order valence-electron chi connectivity index (χ1n) is 7.70. The molecule has 0 radical (unpaired) electrons. The van der Waals surface area contributed by atoms with Crippen LogP contribution in [-0.2, 0) is 11.3 Å². The molecule has 0 atom stereocenters. The number of methoxy groups -OCH3 is 2. The number of carbonyl (C=O) groups is 1. The van der Waals surface area contributed by atoms with E-state index in [1.165, 1.54) is 0 Å². The van der Waals surface area contributed by atoms with Crippen LogP contribution < -0.4 is 15.4 Å². The maximum Gasteiger partial charge on any atom is 0.270 e. The van der Waals surface area contributed by atoms with Gasteiger partial charge in [0.2, 0.25) is 5.95 Å². The van der Waals surface area contributed by atoms with E-state index >= 15 is 0 Å². The highest BCUT2D eigenvalue weighted by Crippen LogP contribution is 2.17. The van der Waals surface area contributed by atoms with Crippen LogP contribution in [0.2, 0.25) is 0 Å². The molecule has 7 heteroatoms. The van der Waals surface area contributed by atoms with Crippen molar-refractivity contribution in [3.05, 3.63) is 47.8 Å². The predicted octanol–water partition coefficient (Wildman–Crippen LogP) is 1.86. The molecule has 0 aliphatic carbocycles. The van der Waals surface area contributed by atoms with E-state index in [1.54, 1.807) is 26.5 Å². The van der Waals surface area contributed by atoms with Gasteiger partial charge >= 0.3 is 0 Å². The van der Waals surface area contributed by atoms with Crippen LogP contribution in [0.15, 0.2) is 36.5 Å². The Morgan fingerprint density at radius 3 is 2.83 bits per heavy atom. The molecule has 128 valence electrons. The molecule has 0 saturated heterocycles. The van der Waals surface area contributed by atoms with Crippen LogP contribution in [0, 0.1) is 0 Å². The van der Waals surface area contributed by atoms with Gasteiger partial charge < -0.3 is 20.1 Å². The topological polar surface area (TPSA) is 85.4 Å². The number of aromatic nitrogens is 2. The lowest BCUT2D eigenvalue weighted by atomic mass is 10.2. The molecular formula is C17H22N4O3. The average molecular weight is 330 g/mol. The average Bonchev–Trinajstić information content (AvgIpc) is 2.64. The van der Waals surface area contributed by atoms with Crippen molar-refractivity contribution in [1.82, 2.24) is 15.3 Å². The number of nitrogens with zero attached hydrogens (tertiary/aromatic N) is 2. The molecule has 2 aromatic rings. The number of rotatable bonds is 9. The quantitative estimate of drug-likeness (QED) is 0.683. The molecule has 0 saturated carbocycles. The van der Waals surface area contributed by atoms with Crippen molar-refractivity contribution in [2.24, 2.45) is 0 Å². The molecule has 7 nitrogen and oxygen atoms in total. The fraction of sp³-hybridized carbons (Fsp3) is 0.353. The van der Waals surface area contributed by atoms with E-state index < -0.39 is 0 Å². The first kappa shape index (κ1) is 17.7. The van der Waals surface area contributed by atoms with Gasteiger partial charge in [0.15, 0.2) is 0 Å². The third kappa shape index (κ3) is 5.20. The van der Waals surface area contributed by atoms with Crippen LogP contribution in [-0.4, -0.2) is 43.2 Å². The largest absolute Gasteiger partial charge is 0.496 e. The summed E-state index contributed by atoms with van der Waals surface area (Å²) in [7, 11) is 3.26. The fourth-order valence-electron chi connectivity index (χ4n) is 2.10. The summed E-state index contributed by atoms with van der Waals surface area (Å²) in [5, 5.41) is 5.90. The Bertz CT molecular complexity index is 664. The van der Waals surface area contributed by atoms with Crippen molar-refractivity contribution < 1.29 is 14.3 Å². The van der Waals surface area contributed by atoms with Crippen molar-refractivity contribution in [3.63, 3.8) is 0 Å². The van der Waals surface area contributed by atoms with Crippen LogP contribution in [0.1, 0.15) is 22.5 Å². The molecule has 2 N–H and O–H groups in total. The van der Waals surface area contributed by atoms with Crippen LogP contribution in [0.5, 0.6) is 5.75 Å². The van der Waals surface area contributed by atoms with Gasteiger partial charge in [0.25, 0.3) is 5.91 Å². The number of anilines is 1. The molecular weight excluding hydrogens is 308 g/mol. The normalized spacial score (nSPS) is 10.2. The van der Waals surface area contributed by atoms with Crippen LogP contribution in [0.4, 0.5) is 5.95 Å². The van der Waals surface area contributed by atoms with Crippen LogP contribution >= 0.6 is 0 Å². The van der Waals surface area contributed by atoms with Gasteiger partial charge in [-0.25, -0.2) is 9.97 Å². The SMILES string of the molecule is COCCCNC(=O)c1ccnc(NCc2ccccc2OC)n1. The van der Waals surface area contributed by atoms with Gasteiger partial charge in [-0.3, -0.25) is 4.79 Å². The van der Waals surface area contributed by atoms with E-state index in [4.69, 9.17) is 9.47 Å². The summed E-state index contributed by atoms with van der Waals surface area (Å²) in [5.74, 6) is 0.955. The maximum atomic E-state index is 12.0. The summed E-state index contributed by atoms with van der Waals surface area (Å²) in [6.45, 7) is 1.65. The van der Waals surface area contributed by atoms with E-state index in [-0.39, 0.29) is 5.91 Å². The summed E-state index contributed by atoms with van der Waals surface area (Å²) >= 11 is 0. The second-order valence-corrected chi connectivity index (χ2v) is 5.03. The first-order chi connectivity index (χ1) is 11.7. The lowest BCUT2D eigenvalue weighted by Gasteiger charge is -2.10. The minimum Gasteiger partial charge on any atom is -0.496 e. The van der Waals surface area contributed by atoms with Gasteiger partial charge in [-0.15, -0.1) is 0 Å². The van der Waals surface area contributed by atoms with E-state index in [0.717, 1.165) is 17.7 Å². The minimum atomic E-state index is -0.228. The van der Waals surface area contributed by atoms with Crippen LogP contribution in [0.3, 0.4) is 0 Å². The predicted molar refractivity (Wildman–Crippen MR) is 91.2 cm³/mol. The number of ether oxygens (including phenoxy) is 2. The van der Waals surface area contributed by atoms with Gasteiger partial charge in [-0.05, 0) is 18.6 Å². The highest BCUT2D eigenvalue weighted by molar-refractivity contribution is 5.92. The van der Waals surface area contributed by atoms with Gasteiger partial charge in [-0.1, -0.05) is 18.2 Å². The molecule has 1 aromatic heterocycles. The molecule has 0 spiro atoms. The lowest BCUT2D eigenvalue weighted by Crippen LogP contribution is -2.26. The Morgan fingerprint density at radius 2 is 2.04 bits per heavy atom. The fourth-order valence-corrected chi connectivity index (χ4v) is 2.10. The van der Waals surface area contributed by atoms with E-state index in [9.17, 15) is 4.79 Å². The minimum absolute atomic E-state index is 0.228. The lowest BCUT2D eigenvalue weighted by molar-refractivity contribution is 0.0943. The molecule has 0 unspecified atom stereocenters. The number of amides is 1. The van der Waals surface area contributed by atoms with Crippen molar-refractivity contribution in [3.8, 4) is 5.75 Å². The number of benzene rings is 1. The molecule has 1 amide bonds. The third-order valence-corrected chi connectivity index (χ3v) is 3.33. The zero-order chi connectivity index (χ0) is 17.2. The van der Waals surface area contributed by atoms with Gasteiger partial charge in [0.05, 0.1) is 7.11 Å². The van der Waals surface area contributed by atoms with Crippen LogP contribution in [0.25, 0.3) is 0 Å². The zero-order valence-corrected chi connectivity index (χ0v) is 13.9. The molecule has 24 heavy (non-hydrogen) atoms. The van der Waals surface area contributed by atoms with Crippen molar-refractivity contribution in [1.29, 1.82) is 0 Å². The Balaban J connectivity index is 1.93. The second kappa shape index (κ2) is 9.46. The van der Waals surface area contributed by atoms with Gasteiger partial charge in [0.1, 0.15) is 11.4 Å². The summed E-state index contributed by atoms with van der Waals surface area (Å²) in [6, 6.07) is 9.28. The van der Waals surface area contributed by atoms with Crippen molar-refractivity contribution in [2.75, 3.05) is 32.7 Å². The molecule has 0 aliphatic heterocycles. The van der Waals surface area contributed by atoms with E-state index in [1.807, 2.05) is 24.3 Å². The number of hydrogen-bond donors (Lipinski definition) is 2. The maximum absolute atomic E-state index is 12.0. The first-order valence-corrected chi connectivity index (χ1v) is 7.70. The monoisotopic (exact) mass is 330 g/mol. The molecule has 0 fully saturated rings. The standard InChI is InChI=1S/C17H22N4O3/c1-23-11-5-9-18-16(22)14-8-10-19-17(21-14)20-12-13-6-3-4-7-15(13)24-2/h3-4,6-8,10H,5,9,11-12H2,1-2H3,(H,18,22)(H,19,20,21).